The number of hydrogen-bond donors (Lipinski definition) is 2. The Bertz CT molecular complexity index is 597. The maximum Gasteiger partial charge on any atom is 0.313 e. The standard InChI is InChI=1S/C23H38O3/c1-9-10-11-12-13-23(8,20(25)26)16-14-17(21(2,3)4)19(24)18(15-16)22(5,6)7/h14-15,24H,9-13H2,1-8H3,(H,25,26). The minimum absolute atomic E-state index is 0.262. The van der Waals surface area contributed by atoms with Crippen molar-refractivity contribution in [3.8, 4) is 5.75 Å². The molecule has 0 aliphatic heterocycles. The number of phenolic OH excluding ortho intramolecular Hbond substituents is 1. The second-order valence-corrected chi connectivity index (χ2v) is 9.87. The highest BCUT2D eigenvalue weighted by molar-refractivity contribution is 5.81. The molecule has 0 spiro atoms. The van der Waals surface area contributed by atoms with E-state index in [0.29, 0.717) is 12.2 Å². The third-order valence-corrected chi connectivity index (χ3v) is 5.37. The van der Waals surface area contributed by atoms with Gasteiger partial charge in [-0.2, -0.15) is 0 Å². The zero-order valence-electron chi connectivity index (χ0n) is 18.0. The average molecular weight is 363 g/mol. The second-order valence-electron chi connectivity index (χ2n) is 9.87. The van der Waals surface area contributed by atoms with Gasteiger partial charge in [0.2, 0.25) is 0 Å². The van der Waals surface area contributed by atoms with E-state index in [0.717, 1.165) is 42.4 Å². The largest absolute Gasteiger partial charge is 0.507 e. The van der Waals surface area contributed by atoms with E-state index in [2.05, 4.69) is 48.5 Å². The second kappa shape index (κ2) is 8.02. The summed E-state index contributed by atoms with van der Waals surface area (Å²) >= 11 is 0. The SMILES string of the molecule is CCCCCCC(C)(C(=O)O)c1cc(C(C)(C)C)c(O)c(C(C)(C)C)c1. The highest BCUT2D eigenvalue weighted by atomic mass is 16.4. The number of hydrogen-bond acceptors (Lipinski definition) is 2. The lowest BCUT2D eigenvalue weighted by Crippen LogP contribution is -2.33. The van der Waals surface area contributed by atoms with E-state index in [-0.39, 0.29) is 10.8 Å². The summed E-state index contributed by atoms with van der Waals surface area (Å²) in [5.74, 6) is -0.494. The van der Waals surface area contributed by atoms with E-state index in [9.17, 15) is 15.0 Å². The van der Waals surface area contributed by atoms with Gasteiger partial charge in [0.15, 0.2) is 0 Å². The van der Waals surface area contributed by atoms with Crippen molar-refractivity contribution in [1.82, 2.24) is 0 Å². The number of phenols is 1. The Labute approximate surface area is 159 Å². The van der Waals surface area contributed by atoms with Gasteiger partial charge < -0.3 is 10.2 Å². The van der Waals surface area contributed by atoms with Crippen LogP contribution in [0.5, 0.6) is 5.75 Å². The monoisotopic (exact) mass is 362 g/mol. The fraction of sp³-hybridized carbons (Fsp3) is 0.696. The fourth-order valence-electron chi connectivity index (χ4n) is 3.38. The smallest absolute Gasteiger partial charge is 0.313 e. The van der Waals surface area contributed by atoms with Crippen molar-refractivity contribution in [1.29, 1.82) is 0 Å². The maximum atomic E-state index is 12.2. The van der Waals surface area contributed by atoms with Crippen molar-refractivity contribution in [2.45, 2.75) is 104 Å². The molecule has 0 aliphatic carbocycles. The van der Waals surface area contributed by atoms with Crippen molar-refractivity contribution in [2.24, 2.45) is 0 Å². The third kappa shape index (κ3) is 5.02. The summed E-state index contributed by atoms with van der Waals surface area (Å²) in [5, 5.41) is 20.9. The summed E-state index contributed by atoms with van der Waals surface area (Å²) in [6, 6.07) is 3.83. The molecule has 0 aliphatic rings. The van der Waals surface area contributed by atoms with Gasteiger partial charge in [0.25, 0.3) is 0 Å². The van der Waals surface area contributed by atoms with Crippen LogP contribution in [0.2, 0.25) is 0 Å². The fourth-order valence-corrected chi connectivity index (χ4v) is 3.38. The van der Waals surface area contributed by atoms with Crippen LogP contribution in [0.15, 0.2) is 12.1 Å². The van der Waals surface area contributed by atoms with E-state index in [1.54, 1.807) is 0 Å². The molecule has 0 radical (unpaired) electrons. The molecule has 1 rings (SSSR count). The van der Waals surface area contributed by atoms with Crippen LogP contribution in [0, 0.1) is 0 Å². The van der Waals surface area contributed by atoms with Crippen LogP contribution in [0.1, 0.15) is 104 Å². The Morgan fingerprint density at radius 2 is 1.35 bits per heavy atom. The van der Waals surface area contributed by atoms with Crippen LogP contribution in [-0.4, -0.2) is 16.2 Å². The zero-order valence-corrected chi connectivity index (χ0v) is 18.0. The Kier molecular flexibility index (Phi) is 6.95. The number of carboxylic acid groups (broad SMARTS) is 1. The highest BCUT2D eigenvalue weighted by Crippen LogP contribution is 2.43. The lowest BCUT2D eigenvalue weighted by atomic mass is 9.72. The van der Waals surface area contributed by atoms with E-state index in [1.165, 1.54) is 0 Å². The first kappa shape index (κ1) is 22.5. The molecule has 26 heavy (non-hydrogen) atoms. The Balaban J connectivity index is 3.54. The van der Waals surface area contributed by atoms with Gasteiger partial charge in [-0.25, -0.2) is 0 Å². The van der Waals surface area contributed by atoms with Gasteiger partial charge in [-0.3, -0.25) is 4.79 Å². The topological polar surface area (TPSA) is 57.5 Å². The van der Waals surface area contributed by atoms with Gasteiger partial charge in [-0.1, -0.05) is 86.3 Å². The predicted octanol–water partition coefficient (Wildman–Crippen LogP) is 6.30. The van der Waals surface area contributed by atoms with Crippen LogP contribution in [0.4, 0.5) is 0 Å². The normalized spacial score (nSPS) is 14.9. The molecule has 1 aromatic rings. The summed E-state index contributed by atoms with van der Waals surface area (Å²) in [5.41, 5.74) is 0.973. The van der Waals surface area contributed by atoms with Crippen LogP contribution in [0.3, 0.4) is 0 Å². The van der Waals surface area contributed by atoms with Crippen molar-refractivity contribution in [2.75, 3.05) is 0 Å². The molecule has 3 heteroatoms. The zero-order chi connectivity index (χ0) is 20.3. The predicted molar refractivity (Wildman–Crippen MR) is 109 cm³/mol. The van der Waals surface area contributed by atoms with E-state index in [4.69, 9.17) is 0 Å². The molecule has 0 bridgehead atoms. The minimum atomic E-state index is -0.943. The Morgan fingerprint density at radius 3 is 1.69 bits per heavy atom. The molecule has 0 amide bonds. The van der Waals surface area contributed by atoms with Crippen LogP contribution in [-0.2, 0) is 21.0 Å². The summed E-state index contributed by atoms with van der Waals surface area (Å²) in [4.78, 5) is 12.2. The molecule has 0 aromatic heterocycles. The van der Waals surface area contributed by atoms with Crippen molar-refractivity contribution >= 4 is 5.97 Å². The molecule has 0 saturated carbocycles. The van der Waals surface area contributed by atoms with Gasteiger partial charge in [-0.05, 0) is 40.9 Å². The Hall–Kier alpha value is -1.51. The lowest BCUT2D eigenvalue weighted by molar-refractivity contribution is -0.143. The van der Waals surface area contributed by atoms with E-state index < -0.39 is 11.4 Å². The maximum absolute atomic E-state index is 12.2. The van der Waals surface area contributed by atoms with Gasteiger partial charge >= 0.3 is 5.97 Å². The van der Waals surface area contributed by atoms with E-state index >= 15 is 0 Å². The van der Waals surface area contributed by atoms with Gasteiger partial charge in [-0.15, -0.1) is 0 Å². The Morgan fingerprint density at radius 1 is 0.885 bits per heavy atom. The van der Waals surface area contributed by atoms with E-state index in [1.807, 2.05) is 19.1 Å². The van der Waals surface area contributed by atoms with Gasteiger partial charge in [0.05, 0.1) is 5.41 Å². The quantitative estimate of drug-likeness (QED) is 0.560. The number of carbonyl (C=O) groups is 1. The third-order valence-electron chi connectivity index (χ3n) is 5.37. The average Bonchev–Trinajstić information content (AvgIpc) is 2.49. The van der Waals surface area contributed by atoms with Crippen molar-refractivity contribution in [3.05, 3.63) is 28.8 Å². The molecule has 148 valence electrons. The first-order chi connectivity index (χ1) is 11.7. The molecule has 1 atom stereocenters. The molecular formula is C23H38O3. The summed E-state index contributed by atoms with van der Waals surface area (Å²) in [6.07, 6.45) is 4.82. The molecule has 1 unspecified atom stereocenters. The number of benzene rings is 1. The van der Waals surface area contributed by atoms with Gasteiger partial charge in [0.1, 0.15) is 5.75 Å². The number of carboxylic acids is 1. The molecular weight excluding hydrogens is 324 g/mol. The van der Waals surface area contributed by atoms with Crippen LogP contribution in [0.25, 0.3) is 0 Å². The van der Waals surface area contributed by atoms with Gasteiger partial charge in [0, 0.05) is 0 Å². The summed E-state index contributed by atoms with van der Waals surface area (Å²) in [6.45, 7) is 16.3. The molecule has 0 fully saturated rings. The summed E-state index contributed by atoms with van der Waals surface area (Å²) in [7, 11) is 0. The highest BCUT2D eigenvalue weighted by Gasteiger charge is 2.37. The van der Waals surface area contributed by atoms with Crippen LogP contribution < -0.4 is 0 Å². The van der Waals surface area contributed by atoms with Crippen molar-refractivity contribution < 1.29 is 15.0 Å². The molecule has 2 N–H and O–H groups in total. The summed E-state index contributed by atoms with van der Waals surface area (Å²) < 4.78 is 0. The van der Waals surface area contributed by atoms with Crippen molar-refractivity contribution in [3.63, 3.8) is 0 Å². The number of aromatic hydroxyl groups is 1. The molecule has 0 heterocycles. The van der Waals surface area contributed by atoms with Crippen LogP contribution >= 0.6 is 0 Å². The molecule has 0 saturated heterocycles. The lowest BCUT2D eigenvalue weighted by Gasteiger charge is -2.32. The molecule has 3 nitrogen and oxygen atoms in total. The number of aliphatic carboxylic acids is 1. The molecule has 1 aromatic carbocycles. The first-order valence-electron chi connectivity index (χ1n) is 9.87. The first-order valence-corrected chi connectivity index (χ1v) is 9.87. The number of rotatable bonds is 7. The number of unbranched alkanes of at least 4 members (excludes halogenated alkanes) is 3. The minimum Gasteiger partial charge on any atom is -0.507 e.